The van der Waals surface area contributed by atoms with E-state index in [9.17, 15) is 0 Å². The standard InChI is InChI=1S/C24H26N4O2S/c1-4-21-20-12-23(30-3)22(29-2)11-19(20)17(13-26-21)10-18-9-8-15-6-5-7-16(14-27-31-25)24(15)28-18/h5-9,11-13,27H,4,10,14,25H2,1-3H3. The van der Waals surface area contributed by atoms with E-state index in [4.69, 9.17) is 24.6 Å². The molecule has 31 heavy (non-hydrogen) atoms. The van der Waals surface area contributed by atoms with Crippen LogP contribution in [0, 0.1) is 0 Å². The van der Waals surface area contributed by atoms with E-state index in [0.29, 0.717) is 24.5 Å². The molecule has 6 nitrogen and oxygen atoms in total. The number of benzene rings is 2. The number of aryl methyl sites for hydroxylation is 1. The molecule has 160 valence electrons. The zero-order valence-corrected chi connectivity index (χ0v) is 18.8. The molecule has 7 heteroatoms. The van der Waals surface area contributed by atoms with Crippen LogP contribution in [0.4, 0.5) is 0 Å². The number of hydrogen-bond donors (Lipinski definition) is 2. The van der Waals surface area contributed by atoms with Gasteiger partial charge in [-0.25, -0.2) is 4.72 Å². The van der Waals surface area contributed by atoms with Crippen molar-refractivity contribution in [3.05, 3.63) is 71.2 Å². The number of methoxy groups -OCH3 is 2. The number of nitrogens with one attached hydrogen (secondary N) is 1. The van der Waals surface area contributed by atoms with E-state index in [0.717, 1.165) is 62.7 Å². The van der Waals surface area contributed by atoms with Crippen molar-refractivity contribution in [3.63, 3.8) is 0 Å². The number of ether oxygens (including phenoxy) is 2. The van der Waals surface area contributed by atoms with Crippen LogP contribution in [-0.4, -0.2) is 24.2 Å². The number of fused-ring (bicyclic) bond motifs is 2. The van der Waals surface area contributed by atoms with Gasteiger partial charge in [-0.3, -0.25) is 15.1 Å². The van der Waals surface area contributed by atoms with Crippen LogP contribution in [-0.2, 0) is 19.4 Å². The van der Waals surface area contributed by atoms with Gasteiger partial charge in [-0.05, 0) is 41.1 Å². The molecule has 0 saturated heterocycles. The summed E-state index contributed by atoms with van der Waals surface area (Å²) < 4.78 is 14.2. The van der Waals surface area contributed by atoms with Crippen molar-refractivity contribution < 1.29 is 9.47 Å². The molecular formula is C24H26N4O2S. The average molecular weight is 435 g/mol. The Hall–Kier alpha value is -2.87. The lowest BCUT2D eigenvalue weighted by Gasteiger charge is -2.14. The normalized spacial score (nSPS) is 11.2. The van der Waals surface area contributed by atoms with E-state index in [2.05, 4.69) is 35.9 Å². The lowest BCUT2D eigenvalue weighted by molar-refractivity contribution is 0.356. The van der Waals surface area contributed by atoms with Crippen molar-refractivity contribution in [2.75, 3.05) is 14.2 Å². The molecule has 2 aromatic heterocycles. The zero-order valence-electron chi connectivity index (χ0n) is 17.9. The minimum absolute atomic E-state index is 0.654. The first-order valence-corrected chi connectivity index (χ1v) is 11.0. The van der Waals surface area contributed by atoms with Gasteiger partial charge >= 0.3 is 0 Å². The third-order valence-electron chi connectivity index (χ3n) is 5.47. The predicted octanol–water partition coefficient (Wildman–Crippen LogP) is 4.56. The Morgan fingerprint density at radius 3 is 2.48 bits per heavy atom. The Morgan fingerprint density at radius 2 is 1.77 bits per heavy atom. The van der Waals surface area contributed by atoms with Gasteiger partial charge in [-0.1, -0.05) is 31.2 Å². The van der Waals surface area contributed by atoms with Crippen molar-refractivity contribution in [1.29, 1.82) is 0 Å². The number of aromatic nitrogens is 2. The van der Waals surface area contributed by atoms with Crippen LogP contribution in [0.3, 0.4) is 0 Å². The predicted molar refractivity (Wildman–Crippen MR) is 127 cm³/mol. The molecule has 2 aromatic carbocycles. The van der Waals surface area contributed by atoms with E-state index >= 15 is 0 Å². The van der Waals surface area contributed by atoms with E-state index in [1.54, 1.807) is 14.2 Å². The fourth-order valence-corrected chi connectivity index (χ4v) is 4.14. The summed E-state index contributed by atoms with van der Waals surface area (Å²) in [6.45, 7) is 2.76. The third-order valence-corrected chi connectivity index (χ3v) is 5.78. The first-order chi connectivity index (χ1) is 15.2. The van der Waals surface area contributed by atoms with Crippen LogP contribution in [0.2, 0.25) is 0 Å². The summed E-state index contributed by atoms with van der Waals surface area (Å²) in [7, 11) is 3.31. The van der Waals surface area contributed by atoms with Crippen molar-refractivity contribution >= 4 is 33.8 Å². The monoisotopic (exact) mass is 434 g/mol. The lowest BCUT2D eigenvalue weighted by Crippen LogP contribution is -2.07. The highest BCUT2D eigenvalue weighted by molar-refractivity contribution is 7.95. The Morgan fingerprint density at radius 1 is 1.00 bits per heavy atom. The molecule has 0 bridgehead atoms. The van der Waals surface area contributed by atoms with Crippen molar-refractivity contribution in [3.8, 4) is 11.5 Å². The molecule has 0 amide bonds. The van der Waals surface area contributed by atoms with E-state index in [1.165, 1.54) is 0 Å². The highest BCUT2D eigenvalue weighted by Gasteiger charge is 2.14. The third kappa shape index (κ3) is 4.30. The van der Waals surface area contributed by atoms with Gasteiger partial charge in [0.25, 0.3) is 0 Å². The minimum Gasteiger partial charge on any atom is -0.493 e. The maximum Gasteiger partial charge on any atom is 0.161 e. The molecule has 0 aliphatic rings. The van der Waals surface area contributed by atoms with Crippen LogP contribution in [0.25, 0.3) is 21.7 Å². The highest BCUT2D eigenvalue weighted by atomic mass is 32.2. The summed E-state index contributed by atoms with van der Waals surface area (Å²) in [6, 6.07) is 14.5. The second kappa shape index (κ2) is 9.51. The molecule has 0 fully saturated rings. The summed E-state index contributed by atoms with van der Waals surface area (Å²) >= 11 is 1.11. The number of pyridine rings is 2. The van der Waals surface area contributed by atoms with Crippen molar-refractivity contribution in [2.45, 2.75) is 26.3 Å². The van der Waals surface area contributed by atoms with Crippen molar-refractivity contribution in [1.82, 2.24) is 14.7 Å². The van der Waals surface area contributed by atoms with Gasteiger partial charge in [0.15, 0.2) is 11.5 Å². The number of nitrogens with zero attached hydrogens (tertiary/aromatic N) is 2. The quantitative estimate of drug-likeness (QED) is 0.393. The molecule has 3 N–H and O–H groups in total. The molecule has 0 saturated carbocycles. The molecular weight excluding hydrogens is 408 g/mol. The van der Waals surface area contributed by atoms with E-state index in [1.807, 2.05) is 24.4 Å². The minimum atomic E-state index is 0.654. The van der Waals surface area contributed by atoms with Gasteiger partial charge in [-0.15, -0.1) is 0 Å². The number of rotatable bonds is 8. The van der Waals surface area contributed by atoms with Gasteiger partial charge in [0, 0.05) is 53.5 Å². The van der Waals surface area contributed by atoms with E-state index < -0.39 is 0 Å². The Labute approximate surface area is 186 Å². The van der Waals surface area contributed by atoms with Gasteiger partial charge < -0.3 is 9.47 Å². The Balaban J connectivity index is 1.80. The maximum atomic E-state index is 5.55. The number of hydrogen-bond acceptors (Lipinski definition) is 7. The Kier molecular flexibility index (Phi) is 6.56. The number of nitrogens with two attached hydrogens (primary N) is 1. The molecule has 0 radical (unpaired) electrons. The SMILES string of the molecule is CCc1ncc(Cc2ccc3cccc(CNSN)c3n2)c2cc(OC)c(OC)cc12. The van der Waals surface area contributed by atoms with Crippen LogP contribution in [0.1, 0.15) is 29.4 Å². The Bertz CT molecular complexity index is 1230. The second-order valence-electron chi connectivity index (χ2n) is 7.24. The molecule has 0 aliphatic carbocycles. The fraction of sp³-hybridized carbons (Fsp3) is 0.250. The summed E-state index contributed by atoms with van der Waals surface area (Å²) in [4.78, 5) is 9.70. The summed E-state index contributed by atoms with van der Waals surface area (Å²) in [5.74, 6) is 1.42. The summed E-state index contributed by atoms with van der Waals surface area (Å²) in [5.41, 5.74) is 5.24. The molecule has 4 rings (SSSR count). The van der Waals surface area contributed by atoms with Crippen LogP contribution in [0.5, 0.6) is 11.5 Å². The molecule has 0 atom stereocenters. The molecule has 0 spiro atoms. The van der Waals surface area contributed by atoms with Gasteiger partial charge in [-0.2, -0.15) is 0 Å². The second-order valence-corrected chi connectivity index (χ2v) is 7.77. The molecule has 4 aromatic rings. The van der Waals surface area contributed by atoms with Gasteiger partial charge in [0.1, 0.15) is 0 Å². The van der Waals surface area contributed by atoms with Crippen LogP contribution < -0.4 is 19.3 Å². The van der Waals surface area contributed by atoms with Crippen LogP contribution in [0.15, 0.2) is 48.7 Å². The van der Waals surface area contributed by atoms with Crippen molar-refractivity contribution in [2.24, 2.45) is 5.14 Å². The molecule has 0 unspecified atom stereocenters. The smallest absolute Gasteiger partial charge is 0.161 e. The fourth-order valence-electron chi connectivity index (χ4n) is 3.91. The first kappa shape index (κ1) is 21.4. The summed E-state index contributed by atoms with van der Waals surface area (Å²) in [6.07, 6.45) is 3.47. The topological polar surface area (TPSA) is 82.3 Å². The number of para-hydroxylation sites is 1. The van der Waals surface area contributed by atoms with Gasteiger partial charge in [0.2, 0.25) is 0 Å². The lowest BCUT2D eigenvalue weighted by atomic mass is 9.99. The average Bonchev–Trinajstić information content (AvgIpc) is 2.82. The maximum absolute atomic E-state index is 5.55. The highest BCUT2D eigenvalue weighted by Crippen LogP contribution is 2.35. The van der Waals surface area contributed by atoms with Crippen LogP contribution >= 0.6 is 12.1 Å². The molecule has 2 heterocycles. The first-order valence-electron chi connectivity index (χ1n) is 10.2. The zero-order chi connectivity index (χ0) is 21.8. The largest absolute Gasteiger partial charge is 0.493 e. The van der Waals surface area contributed by atoms with E-state index in [-0.39, 0.29) is 0 Å². The van der Waals surface area contributed by atoms with Gasteiger partial charge in [0.05, 0.1) is 19.7 Å². The summed E-state index contributed by atoms with van der Waals surface area (Å²) in [5, 5.41) is 8.84. The molecule has 0 aliphatic heterocycles.